The topological polar surface area (TPSA) is 120 Å². The van der Waals surface area contributed by atoms with Gasteiger partial charge in [0.15, 0.2) is 17.3 Å². The zero-order valence-corrected chi connectivity index (χ0v) is 17.8. The molecule has 0 radical (unpaired) electrons. The number of aromatic nitrogens is 4. The maximum absolute atomic E-state index is 13.6. The number of H-pyrrole nitrogens is 1. The SMILES string of the molecule is CC(C)CN/C(=N/C(=O)c1cn(C)nc1C(F)(F)F)Nc1cc(-c2ccc(O)c(F)c2)n[nH]1. The van der Waals surface area contributed by atoms with Gasteiger partial charge in [0.05, 0.1) is 11.3 Å². The number of aromatic amines is 1. The van der Waals surface area contributed by atoms with Gasteiger partial charge in [-0.15, -0.1) is 0 Å². The van der Waals surface area contributed by atoms with E-state index < -0.39 is 34.9 Å². The second-order valence-corrected chi connectivity index (χ2v) is 7.56. The van der Waals surface area contributed by atoms with Crippen molar-refractivity contribution in [3.63, 3.8) is 0 Å². The van der Waals surface area contributed by atoms with E-state index in [4.69, 9.17) is 0 Å². The standard InChI is InChI=1S/C20H21F4N7O2/c1-10(2)8-25-19(27-18(33)12-9-31(3)30-17(12)20(22,23)24)26-16-7-14(28-29-16)11-4-5-15(32)13(21)6-11/h4-7,9-10,32H,8H2,1-3H3,(H3,25,26,27,28,29,33). The number of halogens is 4. The Bertz CT molecular complexity index is 1180. The number of benzene rings is 1. The van der Waals surface area contributed by atoms with Crippen LogP contribution in [0.4, 0.5) is 23.4 Å². The third-order valence-corrected chi connectivity index (χ3v) is 4.29. The van der Waals surface area contributed by atoms with Gasteiger partial charge < -0.3 is 15.7 Å². The summed E-state index contributed by atoms with van der Waals surface area (Å²) in [7, 11) is 1.27. The van der Waals surface area contributed by atoms with Crippen molar-refractivity contribution in [1.82, 2.24) is 25.3 Å². The van der Waals surface area contributed by atoms with E-state index in [1.165, 1.54) is 25.2 Å². The van der Waals surface area contributed by atoms with Crippen LogP contribution in [0.3, 0.4) is 0 Å². The second kappa shape index (κ2) is 9.30. The number of rotatable bonds is 5. The van der Waals surface area contributed by atoms with Crippen molar-refractivity contribution in [2.24, 2.45) is 18.0 Å². The Labute approximate surface area is 185 Å². The fourth-order valence-corrected chi connectivity index (χ4v) is 2.76. The van der Waals surface area contributed by atoms with E-state index in [0.29, 0.717) is 17.8 Å². The predicted molar refractivity (Wildman–Crippen MR) is 112 cm³/mol. The minimum atomic E-state index is -4.82. The first-order valence-electron chi connectivity index (χ1n) is 9.73. The van der Waals surface area contributed by atoms with Crippen molar-refractivity contribution < 1.29 is 27.5 Å². The first-order valence-corrected chi connectivity index (χ1v) is 9.73. The van der Waals surface area contributed by atoms with Crippen LogP contribution in [0.5, 0.6) is 5.75 Å². The van der Waals surface area contributed by atoms with Gasteiger partial charge in [-0.2, -0.15) is 28.4 Å². The molecule has 3 rings (SSSR count). The number of phenolic OH excluding ortho intramolecular Hbond substituents is 1. The largest absolute Gasteiger partial charge is 0.505 e. The molecule has 0 fully saturated rings. The lowest BCUT2D eigenvalue weighted by atomic mass is 10.1. The van der Waals surface area contributed by atoms with Gasteiger partial charge in [0.2, 0.25) is 5.96 Å². The van der Waals surface area contributed by atoms with E-state index >= 15 is 0 Å². The average Bonchev–Trinajstić information content (AvgIpc) is 3.34. The minimum Gasteiger partial charge on any atom is -0.505 e. The lowest BCUT2D eigenvalue weighted by Crippen LogP contribution is -2.34. The molecule has 1 aromatic carbocycles. The Hall–Kier alpha value is -3.90. The number of phenols is 1. The predicted octanol–water partition coefficient (Wildman–Crippen LogP) is 3.53. The molecule has 1 amide bonds. The van der Waals surface area contributed by atoms with Crippen LogP contribution in [0, 0.1) is 11.7 Å². The number of aryl methyl sites for hydroxylation is 1. The number of nitrogens with zero attached hydrogens (tertiary/aromatic N) is 4. The number of carbonyl (C=O) groups is 1. The number of guanidine groups is 1. The first-order chi connectivity index (χ1) is 15.4. The summed E-state index contributed by atoms with van der Waals surface area (Å²) >= 11 is 0. The molecule has 33 heavy (non-hydrogen) atoms. The van der Waals surface area contributed by atoms with Gasteiger partial charge in [-0.05, 0) is 24.1 Å². The Kier molecular flexibility index (Phi) is 6.70. The van der Waals surface area contributed by atoms with Crippen LogP contribution < -0.4 is 10.6 Å². The number of hydrogen-bond donors (Lipinski definition) is 4. The highest BCUT2D eigenvalue weighted by Crippen LogP contribution is 2.31. The van der Waals surface area contributed by atoms with Crippen molar-refractivity contribution in [3.8, 4) is 17.0 Å². The summed E-state index contributed by atoms with van der Waals surface area (Å²) in [6.45, 7) is 4.15. The molecule has 2 heterocycles. The number of aromatic hydroxyl groups is 1. The molecule has 176 valence electrons. The summed E-state index contributed by atoms with van der Waals surface area (Å²) in [5.74, 6) is -2.22. The van der Waals surface area contributed by atoms with Gasteiger partial charge in [0, 0.05) is 31.4 Å². The smallest absolute Gasteiger partial charge is 0.435 e. The number of anilines is 1. The van der Waals surface area contributed by atoms with Crippen LogP contribution in [0.1, 0.15) is 29.9 Å². The van der Waals surface area contributed by atoms with E-state index in [-0.39, 0.29) is 17.7 Å². The van der Waals surface area contributed by atoms with Crippen LogP contribution >= 0.6 is 0 Å². The summed E-state index contributed by atoms with van der Waals surface area (Å²) in [6, 6.07) is 5.20. The lowest BCUT2D eigenvalue weighted by molar-refractivity contribution is -0.141. The maximum atomic E-state index is 13.6. The molecule has 4 N–H and O–H groups in total. The van der Waals surface area contributed by atoms with Gasteiger partial charge in [-0.3, -0.25) is 14.6 Å². The molecular formula is C20H21F4N7O2. The third-order valence-electron chi connectivity index (χ3n) is 4.29. The van der Waals surface area contributed by atoms with E-state index in [9.17, 15) is 27.5 Å². The highest BCUT2D eigenvalue weighted by atomic mass is 19.4. The highest BCUT2D eigenvalue weighted by Gasteiger charge is 2.39. The maximum Gasteiger partial charge on any atom is 0.435 e. The summed E-state index contributed by atoms with van der Waals surface area (Å²) in [4.78, 5) is 16.3. The summed E-state index contributed by atoms with van der Waals surface area (Å²) in [6.07, 6.45) is -3.87. The van der Waals surface area contributed by atoms with Crippen molar-refractivity contribution in [1.29, 1.82) is 0 Å². The number of hydrogen-bond acceptors (Lipinski definition) is 4. The molecule has 2 aromatic heterocycles. The highest BCUT2D eigenvalue weighted by molar-refractivity contribution is 6.07. The van der Waals surface area contributed by atoms with E-state index in [0.717, 1.165) is 16.9 Å². The number of aliphatic imine (C=N–C) groups is 1. The molecule has 0 spiro atoms. The zero-order chi connectivity index (χ0) is 24.3. The molecule has 9 nitrogen and oxygen atoms in total. The molecule has 0 atom stereocenters. The van der Waals surface area contributed by atoms with Crippen molar-refractivity contribution in [2.75, 3.05) is 11.9 Å². The van der Waals surface area contributed by atoms with Crippen LogP contribution in [0.25, 0.3) is 11.3 Å². The van der Waals surface area contributed by atoms with Crippen LogP contribution in [-0.4, -0.2) is 43.5 Å². The molecule has 3 aromatic rings. The number of alkyl halides is 3. The fourth-order valence-electron chi connectivity index (χ4n) is 2.76. The Morgan fingerprint density at radius 2 is 2.03 bits per heavy atom. The molecule has 0 bridgehead atoms. The van der Waals surface area contributed by atoms with Gasteiger partial charge in [-0.1, -0.05) is 13.8 Å². The Morgan fingerprint density at radius 3 is 2.67 bits per heavy atom. The zero-order valence-electron chi connectivity index (χ0n) is 17.8. The van der Waals surface area contributed by atoms with E-state index in [1.807, 2.05) is 13.8 Å². The molecule has 0 aliphatic rings. The lowest BCUT2D eigenvalue weighted by Gasteiger charge is -2.12. The molecule has 0 saturated heterocycles. The molecule has 0 saturated carbocycles. The van der Waals surface area contributed by atoms with Crippen LogP contribution in [0.2, 0.25) is 0 Å². The molecular weight excluding hydrogens is 446 g/mol. The monoisotopic (exact) mass is 467 g/mol. The number of amides is 1. The molecule has 13 heteroatoms. The van der Waals surface area contributed by atoms with Crippen molar-refractivity contribution in [3.05, 3.63) is 47.5 Å². The minimum absolute atomic E-state index is 0.113. The quantitative estimate of drug-likeness (QED) is 0.259. The molecule has 0 unspecified atom stereocenters. The van der Waals surface area contributed by atoms with Crippen molar-refractivity contribution in [2.45, 2.75) is 20.0 Å². The molecule has 0 aliphatic heterocycles. The number of nitrogens with one attached hydrogen (secondary N) is 3. The second-order valence-electron chi connectivity index (χ2n) is 7.56. The first kappa shape index (κ1) is 23.8. The number of carbonyl (C=O) groups excluding carboxylic acids is 1. The van der Waals surface area contributed by atoms with E-state index in [1.54, 1.807) is 0 Å². The van der Waals surface area contributed by atoms with Gasteiger partial charge in [-0.25, -0.2) is 4.39 Å². The third kappa shape index (κ3) is 5.87. The van der Waals surface area contributed by atoms with Crippen LogP contribution in [-0.2, 0) is 13.2 Å². The van der Waals surface area contributed by atoms with Gasteiger partial charge >= 0.3 is 6.18 Å². The molecule has 0 aliphatic carbocycles. The van der Waals surface area contributed by atoms with Gasteiger partial charge in [0.25, 0.3) is 5.91 Å². The Morgan fingerprint density at radius 1 is 1.30 bits per heavy atom. The summed E-state index contributed by atoms with van der Waals surface area (Å²) in [5, 5.41) is 24.9. The fraction of sp³-hybridized carbons (Fsp3) is 0.300. The normalized spacial score (nSPS) is 12.3. The summed E-state index contributed by atoms with van der Waals surface area (Å²) in [5.41, 5.74) is -1.34. The Balaban J connectivity index is 1.88. The summed E-state index contributed by atoms with van der Waals surface area (Å²) < 4.78 is 54.2. The van der Waals surface area contributed by atoms with Crippen LogP contribution in [0.15, 0.2) is 35.5 Å². The van der Waals surface area contributed by atoms with Crippen molar-refractivity contribution >= 4 is 17.7 Å². The van der Waals surface area contributed by atoms with Gasteiger partial charge in [0.1, 0.15) is 5.82 Å². The average molecular weight is 467 g/mol. The van der Waals surface area contributed by atoms with E-state index in [2.05, 4.69) is 30.9 Å².